The van der Waals surface area contributed by atoms with Gasteiger partial charge in [-0.15, -0.1) is 0 Å². The Morgan fingerprint density at radius 2 is 2.00 bits per heavy atom. The van der Waals surface area contributed by atoms with E-state index < -0.39 is 0 Å². The number of rotatable bonds is 4. The van der Waals surface area contributed by atoms with Gasteiger partial charge in [0.05, 0.1) is 0 Å². The van der Waals surface area contributed by atoms with Gasteiger partial charge in [-0.2, -0.15) is 0 Å². The van der Waals surface area contributed by atoms with E-state index in [4.69, 9.17) is 5.73 Å². The van der Waals surface area contributed by atoms with E-state index in [2.05, 4.69) is 29.6 Å². The molecule has 0 unspecified atom stereocenters. The quantitative estimate of drug-likeness (QED) is 0.690. The maximum atomic E-state index is 5.57. The van der Waals surface area contributed by atoms with Crippen LogP contribution in [0.4, 0.5) is 0 Å². The van der Waals surface area contributed by atoms with Crippen molar-refractivity contribution in [3.05, 3.63) is 35.9 Å². The molecule has 0 amide bonds. The minimum Gasteiger partial charge on any atom is -0.329 e. The lowest BCUT2D eigenvalue weighted by Crippen LogP contribution is -2.35. The van der Waals surface area contributed by atoms with Gasteiger partial charge in [0.2, 0.25) is 0 Å². The maximum Gasteiger partial charge on any atom is 0.0227 e. The molecule has 0 aliphatic heterocycles. The van der Waals surface area contributed by atoms with Crippen LogP contribution >= 0.6 is 0 Å². The van der Waals surface area contributed by atoms with E-state index in [0.717, 1.165) is 6.42 Å². The zero-order valence-electron chi connectivity index (χ0n) is 7.46. The van der Waals surface area contributed by atoms with Gasteiger partial charge in [0.15, 0.2) is 0 Å². The second kappa shape index (κ2) is 4.91. The van der Waals surface area contributed by atoms with Crippen LogP contribution in [-0.2, 0) is 6.42 Å². The van der Waals surface area contributed by atoms with Crippen molar-refractivity contribution in [2.24, 2.45) is 5.73 Å². The van der Waals surface area contributed by atoms with Gasteiger partial charge >= 0.3 is 0 Å². The van der Waals surface area contributed by atoms with Crippen LogP contribution in [0.3, 0.4) is 0 Å². The molecule has 0 aromatic heterocycles. The summed E-state index contributed by atoms with van der Waals surface area (Å²) in [6.45, 7) is 0.686. The van der Waals surface area contributed by atoms with Gasteiger partial charge < -0.3 is 11.1 Å². The molecule has 0 aliphatic rings. The molecule has 66 valence electrons. The Balaban J connectivity index is 2.51. The summed E-state index contributed by atoms with van der Waals surface area (Å²) in [5.74, 6) is 0. The number of nitrogens with one attached hydrogen (secondary N) is 1. The molecule has 1 aromatic rings. The maximum absolute atomic E-state index is 5.57. The fourth-order valence-electron chi connectivity index (χ4n) is 1.20. The lowest BCUT2D eigenvalue weighted by molar-refractivity contribution is 0.569. The molecule has 0 spiro atoms. The number of hydrogen-bond acceptors (Lipinski definition) is 2. The number of likely N-dealkylation sites (N-methyl/N-ethyl adjacent to an activating group) is 1. The van der Waals surface area contributed by atoms with Crippen molar-refractivity contribution >= 4 is 0 Å². The van der Waals surface area contributed by atoms with E-state index in [-0.39, 0.29) is 0 Å². The van der Waals surface area contributed by atoms with Crippen LogP contribution < -0.4 is 11.1 Å². The highest BCUT2D eigenvalue weighted by Gasteiger charge is 2.02. The van der Waals surface area contributed by atoms with E-state index in [9.17, 15) is 0 Å². The normalized spacial score (nSPS) is 12.8. The molecule has 2 nitrogen and oxygen atoms in total. The SMILES string of the molecule is CN[C@@H](CN)Cc1ccccc1. The summed E-state index contributed by atoms with van der Waals surface area (Å²) >= 11 is 0. The van der Waals surface area contributed by atoms with Crippen molar-refractivity contribution in [2.75, 3.05) is 13.6 Å². The molecule has 0 radical (unpaired) electrons. The highest BCUT2D eigenvalue weighted by Crippen LogP contribution is 2.01. The Morgan fingerprint density at radius 1 is 1.33 bits per heavy atom. The average molecular weight is 164 g/mol. The van der Waals surface area contributed by atoms with Gasteiger partial charge in [-0.3, -0.25) is 0 Å². The van der Waals surface area contributed by atoms with Gasteiger partial charge in [0, 0.05) is 12.6 Å². The molecule has 0 aliphatic carbocycles. The summed E-state index contributed by atoms with van der Waals surface area (Å²) in [5, 5.41) is 3.18. The summed E-state index contributed by atoms with van der Waals surface area (Å²) in [6.07, 6.45) is 1.01. The van der Waals surface area contributed by atoms with Gasteiger partial charge in [-0.05, 0) is 19.0 Å². The van der Waals surface area contributed by atoms with E-state index in [1.807, 2.05) is 13.1 Å². The van der Waals surface area contributed by atoms with Crippen molar-refractivity contribution in [2.45, 2.75) is 12.5 Å². The van der Waals surface area contributed by atoms with Gasteiger partial charge in [0.25, 0.3) is 0 Å². The third-order valence-electron chi connectivity index (χ3n) is 2.02. The van der Waals surface area contributed by atoms with Crippen molar-refractivity contribution in [1.29, 1.82) is 0 Å². The van der Waals surface area contributed by atoms with Crippen LogP contribution in [0, 0.1) is 0 Å². The topological polar surface area (TPSA) is 38.0 Å². The first-order chi connectivity index (χ1) is 5.86. The van der Waals surface area contributed by atoms with Crippen molar-refractivity contribution in [3.63, 3.8) is 0 Å². The smallest absolute Gasteiger partial charge is 0.0227 e. The standard InChI is InChI=1S/C10H16N2/c1-12-10(8-11)7-9-5-3-2-4-6-9/h2-6,10,12H,7-8,11H2,1H3/t10-/m1/s1. The summed E-state index contributed by atoms with van der Waals surface area (Å²) in [7, 11) is 1.94. The third kappa shape index (κ3) is 2.64. The van der Waals surface area contributed by atoms with E-state index >= 15 is 0 Å². The Labute approximate surface area is 73.8 Å². The summed E-state index contributed by atoms with van der Waals surface area (Å²) in [6, 6.07) is 10.8. The number of nitrogens with two attached hydrogens (primary N) is 1. The Bertz CT molecular complexity index is 204. The van der Waals surface area contributed by atoms with E-state index in [1.165, 1.54) is 5.56 Å². The van der Waals surface area contributed by atoms with Crippen molar-refractivity contribution < 1.29 is 0 Å². The molecule has 0 bridgehead atoms. The fourth-order valence-corrected chi connectivity index (χ4v) is 1.20. The van der Waals surface area contributed by atoms with Crippen LogP contribution in [-0.4, -0.2) is 19.6 Å². The first kappa shape index (κ1) is 9.23. The second-order valence-electron chi connectivity index (χ2n) is 2.91. The van der Waals surface area contributed by atoms with Crippen molar-refractivity contribution in [1.82, 2.24) is 5.32 Å². The monoisotopic (exact) mass is 164 g/mol. The first-order valence-corrected chi connectivity index (χ1v) is 4.28. The predicted molar refractivity (Wildman–Crippen MR) is 52.0 cm³/mol. The highest BCUT2D eigenvalue weighted by molar-refractivity contribution is 5.15. The van der Waals surface area contributed by atoms with Gasteiger partial charge in [-0.1, -0.05) is 30.3 Å². The van der Waals surface area contributed by atoms with E-state index in [0.29, 0.717) is 12.6 Å². The molecule has 1 rings (SSSR count). The first-order valence-electron chi connectivity index (χ1n) is 4.28. The van der Waals surface area contributed by atoms with Gasteiger partial charge in [0.1, 0.15) is 0 Å². The third-order valence-corrected chi connectivity index (χ3v) is 2.02. The zero-order valence-corrected chi connectivity index (χ0v) is 7.46. The van der Waals surface area contributed by atoms with Crippen LogP contribution in [0.1, 0.15) is 5.56 Å². The van der Waals surface area contributed by atoms with Crippen LogP contribution in [0.5, 0.6) is 0 Å². The Morgan fingerprint density at radius 3 is 2.50 bits per heavy atom. The molecule has 0 saturated carbocycles. The largest absolute Gasteiger partial charge is 0.329 e. The molecule has 2 heteroatoms. The minimum atomic E-state index is 0.396. The molecule has 0 heterocycles. The number of benzene rings is 1. The number of hydrogen-bond donors (Lipinski definition) is 2. The second-order valence-corrected chi connectivity index (χ2v) is 2.91. The predicted octanol–water partition coefficient (Wildman–Crippen LogP) is 0.776. The molecule has 0 fully saturated rings. The van der Waals surface area contributed by atoms with Crippen LogP contribution in [0.15, 0.2) is 30.3 Å². The zero-order chi connectivity index (χ0) is 8.81. The molecule has 3 N–H and O–H groups in total. The molecular weight excluding hydrogens is 148 g/mol. The van der Waals surface area contributed by atoms with Crippen LogP contribution in [0.2, 0.25) is 0 Å². The summed E-state index contributed by atoms with van der Waals surface area (Å²) < 4.78 is 0. The highest BCUT2D eigenvalue weighted by atomic mass is 14.9. The Hall–Kier alpha value is -0.860. The summed E-state index contributed by atoms with van der Waals surface area (Å²) in [4.78, 5) is 0. The molecule has 0 saturated heterocycles. The molecular formula is C10H16N2. The molecule has 1 atom stereocenters. The Kier molecular flexibility index (Phi) is 3.77. The van der Waals surface area contributed by atoms with Crippen LogP contribution in [0.25, 0.3) is 0 Å². The summed E-state index contributed by atoms with van der Waals surface area (Å²) in [5.41, 5.74) is 6.90. The fraction of sp³-hybridized carbons (Fsp3) is 0.400. The lowest BCUT2D eigenvalue weighted by atomic mass is 10.1. The van der Waals surface area contributed by atoms with E-state index in [1.54, 1.807) is 0 Å². The van der Waals surface area contributed by atoms with Crippen molar-refractivity contribution in [3.8, 4) is 0 Å². The van der Waals surface area contributed by atoms with Gasteiger partial charge in [-0.25, -0.2) is 0 Å². The lowest BCUT2D eigenvalue weighted by Gasteiger charge is -2.12. The minimum absolute atomic E-state index is 0.396. The molecule has 12 heavy (non-hydrogen) atoms. The average Bonchev–Trinajstić information content (AvgIpc) is 2.16. The molecule has 1 aromatic carbocycles.